The van der Waals surface area contributed by atoms with Crippen LogP contribution in [-0.4, -0.2) is 33.5 Å². The van der Waals surface area contributed by atoms with Crippen molar-refractivity contribution in [3.05, 3.63) is 33.8 Å². The summed E-state index contributed by atoms with van der Waals surface area (Å²) < 4.78 is 10.5. The Morgan fingerprint density at radius 1 is 1.20 bits per heavy atom. The third kappa shape index (κ3) is 6.42. The van der Waals surface area contributed by atoms with Crippen LogP contribution in [0.4, 0.5) is 0 Å². The molecule has 0 bridgehead atoms. The summed E-state index contributed by atoms with van der Waals surface area (Å²) in [5.74, 6) is 0. The van der Waals surface area contributed by atoms with Crippen molar-refractivity contribution >= 4 is 23.2 Å². The van der Waals surface area contributed by atoms with Gasteiger partial charge in [0, 0.05) is 29.8 Å². The number of hydrogen-bond acceptors (Lipinski definition) is 3. The Morgan fingerprint density at radius 3 is 2.70 bits per heavy atom. The van der Waals surface area contributed by atoms with Crippen LogP contribution < -0.4 is 5.32 Å². The van der Waals surface area contributed by atoms with Gasteiger partial charge in [-0.3, -0.25) is 0 Å². The highest BCUT2D eigenvalue weighted by Crippen LogP contribution is 2.28. The smallest absolute Gasteiger partial charge is 0.0700 e. The van der Waals surface area contributed by atoms with Crippen LogP contribution in [0.2, 0.25) is 10.0 Å². The Balaban J connectivity index is 2.60. The molecule has 0 fully saturated rings. The molecule has 0 aromatic heterocycles. The third-order valence-electron chi connectivity index (χ3n) is 2.96. The molecule has 3 nitrogen and oxygen atoms in total. The highest BCUT2D eigenvalue weighted by molar-refractivity contribution is 6.33. The summed E-state index contributed by atoms with van der Waals surface area (Å²) in [4.78, 5) is 0. The van der Waals surface area contributed by atoms with Crippen LogP contribution in [0.3, 0.4) is 0 Å². The minimum atomic E-state index is 0.156. The zero-order valence-electron chi connectivity index (χ0n) is 12.1. The molecular weight excluding hydrogens is 297 g/mol. The second kappa shape index (κ2) is 10.4. The van der Waals surface area contributed by atoms with E-state index in [0.29, 0.717) is 24.8 Å². The molecule has 0 aliphatic heterocycles. The average Bonchev–Trinajstić information content (AvgIpc) is 2.45. The van der Waals surface area contributed by atoms with Gasteiger partial charge in [0.25, 0.3) is 0 Å². The highest BCUT2D eigenvalue weighted by atomic mass is 35.5. The van der Waals surface area contributed by atoms with Crippen LogP contribution in [-0.2, 0) is 9.47 Å². The molecule has 0 spiro atoms. The summed E-state index contributed by atoms with van der Waals surface area (Å²) in [6.07, 6.45) is 1.92. The average molecular weight is 320 g/mol. The second-order valence-corrected chi connectivity index (χ2v) is 5.41. The van der Waals surface area contributed by atoms with E-state index in [1.807, 2.05) is 12.1 Å². The van der Waals surface area contributed by atoms with Gasteiger partial charge in [-0.2, -0.15) is 0 Å². The van der Waals surface area contributed by atoms with Crippen molar-refractivity contribution in [2.75, 3.05) is 33.5 Å². The molecule has 1 aromatic carbocycles. The van der Waals surface area contributed by atoms with Crippen LogP contribution >= 0.6 is 23.2 Å². The summed E-state index contributed by atoms with van der Waals surface area (Å²) in [5.41, 5.74) is 1.03. The van der Waals surface area contributed by atoms with Gasteiger partial charge in [0.05, 0.1) is 13.2 Å². The first-order chi connectivity index (χ1) is 9.69. The molecule has 0 aliphatic rings. The molecule has 0 saturated heterocycles. The fraction of sp³-hybridized carbons (Fsp3) is 0.600. The molecular formula is C15H23Cl2NO2. The van der Waals surface area contributed by atoms with E-state index in [-0.39, 0.29) is 6.04 Å². The molecule has 0 amide bonds. The molecule has 0 heterocycles. The molecule has 5 heteroatoms. The largest absolute Gasteiger partial charge is 0.382 e. The molecule has 1 aromatic rings. The number of ether oxygens (including phenoxy) is 2. The van der Waals surface area contributed by atoms with Crippen molar-refractivity contribution in [1.29, 1.82) is 0 Å². The van der Waals surface area contributed by atoms with Crippen molar-refractivity contribution < 1.29 is 9.47 Å². The highest BCUT2D eigenvalue weighted by Gasteiger charge is 2.14. The van der Waals surface area contributed by atoms with E-state index < -0.39 is 0 Å². The van der Waals surface area contributed by atoms with E-state index in [9.17, 15) is 0 Å². The van der Waals surface area contributed by atoms with Gasteiger partial charge < -0.3 is 14.8 Å². The molecule has 1 unspecified atom stereocenters. The van der Waals surface area contributed by atoms with E-state index >= 15 is 0 Å². The lowest BCUT2D eigenvalue weighted by atomic mass is 10.0. The Bertz CT molecular complexity index is 388. The number of rotatable bonds is 10. The van der Waals surface area contributed by atoms with Gasteiger partial charge in [-0.15, -0.1) is 0 Å². The van der Waals surface area contributed by atoms with Gasteiger partial charge in [0.15, 0.2) is 0 Å². The van der Waals surface area contributed by atoms with Crippen LogP contribution in [0.5, 0.6) is 0 Å². The minimum Gasteiger partial charge on any atom is -0.382 e. The topological polar surface area (TPSA) is 30.5 Å². The van der Waals surface area contributed by atoms with E-state index in [2.05, 4.69) is 12.2 Å². The van der Waals surface area contributed by atoms with Crippen molar-refractivity contribution in [3.63, 3.8) is 0 Å². The van der Waals surface area contributed by atoms with Gasteiger partial charge >= 0.3 is 0 Å². The molecule has 1 atom stereocenters. The fourth-order valence-electron chi connectivity index (χ4n) is 1.91. The Hall–Kier alpha value is -0.320. The number of nitrogens with one attached hydrogen (secondary N) is 1. The van der Waals surface area contributed by atoms with Crippen molar-refractivity contribution in [2.45, 2.75) is 25.8 Å². The molecule has 114 valence electrons. The fourth-order valence-corrected chi connectivity index (χ4v) is 2.34. The predicted molar refractivity (Wildman–Crippen MR) is 84.8 cm³/mol. The molecule has 0 aliphatic carbocycles. The zero-order chi connectivity index (χ0) is 14.8. The van der Waals surface area contributed by atoms with Gasteiger partial charge in [-0.25, -0.2) is 0 Å². The first kappa shape index (κ1) is 17.7. The van der Waals surface area contributed by atoms with Gasteiger partial charge in [-0.1, -0.05) is 30.1 Å². The summed E-state index contributed by atoms with van der Waals surface area (Å²) in [7, 11) is 1.67. The standard InChI is InChI=1S/C15H23Cl2NO2/c1-3-7-18-15(6-8-20-10-9-19-2)13-11-12(16)4-5-14(13)17/h4-5,11,15,18H,3,6-10H2,1-2H3. The quantitative estimate of drug-likeness (QED) is 0.659. The van der Waals surface area contributed by atoms with Crippen molar-refractivity contribution in [3.8, 4) is 0 Å². The summed E-state index contributed by atoms with van der Waals surface area (Å²) in [6.45, 7) is 4.96. The SMILES string of the molecule is CCCNC(CCOCCOC)c1cc(Cl)ccc1Cl. The Labute approximate surface area is 131 Å². The lowest BCUT2D eigenvalue weighted by molar-refractivity contribution is 0.0658. The van der Waals surface area contributed by atoms with Crippen molar-refractivity contribution in [1.82, 2.24) is 5.32 Å². The first-order valence-electron chi connectivity index (χ1n) is 6.94. The normalized spacial score (nSPS) is 12.6. The van der Waals surface area contributed by atoms with Crippen LogP contribution in [0.1, 0.15) is 31.4 Å². The predicted octanol–water partition coefficient (Wildman–Crippen LogP) is 4.09. The third-order valence-corrected chi connectivity index (χ3v) is 3.54. The van der Waals surface area contributed by atoms with E-state index in [1.54, 1.807) is 13.2 Å². The first-order valence-corrected chi connectivity index (χ1v) is 7.69. The van der Waals surface area contributed by atoms with Gasteiger partial charge in [0.2, 0.25) is 0 Å². The molecule has 20 heavy (non-hydrogen) atoms. The number of hydrogen-bond donors (Lipinski definition) is 1. The monoisotopic (exact) mass is 319 g/mol. The summed E-state index contributed by atoms with van der Waals surface area (Å²) in [6, 6.07) is 5.72. The van der Waals surface area contributed by atoms with Crippen LogP contribution in [0.15, 0.2) is 18.2 Å². The van der Waals surface area contributed by atoms with E-state index in [1.165, 1.54) is 0 Å². The minimum absolute atomic E-state index is 0.156. The number of halogens is 2. The maximum atomic E-state index is 6.27. The Morgan fingerprint density at radius 2 is 2.00 bits per heavy atom. The van der Waals surface area contributed by atoms with E-state index in [4.69, 9.17) is 32.7 Å². The molecule has 0 saturated carbocycles. The van der Waals surface area contributed by atoms with Gasteiger partial charge in [0.1, 0.15) is 0 Å². The second-order valence-electron chi connectivity index (χ2n) is 4.57. The Kier molecular flexibility index (Phi) is 9.23. The summed E-state index contributed by atoms with van der Waals surface area (Å²) in [5, 5.41) is 4.93. The summed E-state index contributed by atoms with van der Waals surface area (Å²) >= 11 is 12.3. The maximum absolute atomic E-state index is 6.27. The lowest BCUT2D eigenvalue weighted by Gasteiger charge is -2.20. The molecule has 0 radical (unpaired) electrons. The molecule has 1 rings (SSSR count). The van der Waals surface area contributed by atoms with E-state index in [0.717, 1.165) is 30.0 Å². The number of methoxy groups -OCH3 is 1. The van der Waals surface area contributed by atoms with Crippen LogP contribution in [0, 0.1) is 0 Å². The lowest BCUT2D eigenvalue weighted by Crippen LogP contribution is -2.24. The van der Waals surface area contributed by atoms with Gasteiger partial charge in [-0.05, 0) is 43.1 Å². The van der Waals surface area contributed by atoms with Crippen molar-refractivity contribution in [2.24, 2.45) is 0 Å². The number of benzene rings is 1. The molecule has 1 N–H and O–H groups in total. The van der Waals surface area contributed by atoms with Crippen LogP contribution in [0.25, 0.3) is 0 Å². The maximum Gasteiger partial charge on any atom is 0.0700 e. The zero-order valence-corrected chi connectivity index (χ0v) is 13.6.